The number of likely N-dealkylation sites (tertiary alicyclic amines) is 1. The third-order valence-electron chi connectivity index (χ3n) is 7.58. The van der Waals surface area contributed by atoms with Gasteiger partial charge in [0.2, 0.25) is 0 Å². The number of piperazine rings is 1. The molecule has 2 aromatic rings. The van der Waals surface area contributed by atoms with Crippen LogP contribution in [0.4, 0.5) is 5.69 Å². The number of pyridine rings is 1. The van der Waals surface area contributed by atoms with E-state index in [9.17, 15) is 5.26 Å². The molecule has 0 aromatic carbocycles. The van der Waals surface area contributed by atoms with Gasteiger partial charge in [-0.3, -0.25) is 0 Å². The first kappa shape index (κ1) is 20.3. The third-order valence-corrected chi connectivity index (χ3v) is 7.58. The molecule has 0 bridgehead atoms. The monoisotopic (exact) mass is 443 g/mol. The van der Waals surface area contributed by atoms with Crippen LogP contribution in [0.3, 0.4) is 0 Å². The highest BCUT2D eigenvalue weighted by Crippen LogP contribution is 2.40. The third kappa shape index (κ3) is 3.15. The number of hydrogen-bond acceptors (Lipinski definition) is 7. The Hall–Kier alpha value is -3.28. The van der Waals surface area contributed by atoms with Gasteiger partial charge in [-0.15, -0.1) is 0 Å². The van der Waals surface area contributed by atoms with Gasteiger partial charge in [0.15, 0.2) is 0 Å². The van der Waals surface area contributed by atoms with Gasteiger partial charge in [-0.2, -0.15) is 10.4 Å². The maximum Gasteiger partial charge on any atom is 0.142 e. The molecule has 8 nitrogen and oxygen atoms in total. The van der Waals surface area contributed by atoms with E-state index in [-0.39, 0.29) is 12.1 Å². The van der Waals surface area contributed by atoms with Crippen molar-refractivity contribution in [2.45, 2.75) is 31.5 Å². The molecular weight excluding hydrogens is 414 g/mol. The maximum atomic E-state index is 9.43. The molecule has 0 unspecified atom stereocenters. The molecule has 170 valence electrons. The summed E-state index contributed by atoms with van der Waals surface area (Å²) in [6.07, 6.45) is 7.53. The molecule has 6 rings (SSSR count). The minimum atomic E-state index is 0.0605. The van der Waals surface area contributed by atoms with Crippen molar-refractivity contribution in [1.82, 2.24) is 19.4 Å². The SMILES string of the molecule is CO[C@@H]1CN(C2=CCC3=C4CN(c5ccc(C#N)n6nccc56)C[C@@H](C)N4CC3=C2)C[C@H]1N. The molecule has 3 aliphatic heterocycles. The first-order chi connectivity index (χ1) is 16.1. The molecule has 5 heterocycles. The van der Waals surface area contributed by atoms with Gasteiger partial charge in [-0.05, 0) is 48.8 Å². The van der Waals surface area contributed by atoms with Gasteiger partial charge >= 0.3 is 0 Å². The van der Waals surface area contributed by atoms with Crippen LogP contribution in [0, 0.1) is 11.3 Å². The number of fused-ring (bicyclic) bond motifs is 3. The summed E-state index contributed by atoms with van der Waals surface area (Å²) >= 11 is 0. The van der Waals surface area contributed by atoms with Gasteiger partial charge in [-0.25, -0.2) is 4.52 Å². The Labute approximate surface area is 193 Å². The van der Waals surface area contributed by atoms with Crippen molar-refractivity contribution in [2.75, 3.05) is 44.7 Å². The van der Waals surface area contributed by atoms with Crippen molar-refractivity contribution < 1.29 is 4.74 Å². The lowest BCUT2D eigenvalue weighted by atomic mass is 9.96. The zero-order valence-corrected chi connectivity index (χ0v) is 19.1. The second-order valence-corrected chi connectivity index (χ2v) is 9.47. The average molecular weight is 444 g/mol. The van der Waals surface area contributed by atoms with E-state index in [4.69, 9.17) is 10.5 Å². The van der Waals surface area contributed by atoms with E-state index in [1.165, 1.54) is 22.5 Å². The molecular formula is C25H29N7O. The smallest absolute Gasteiger partial charge is 0.142 e. The number of allylic oxidation sites excluding steroid dienone is 2. The molecule has 2 fully saturated rings. The van der Waals surface area contributed by atoms with Crippen LogP contribution in [0.1, 0.15) is 19.0 Å². The predicted molar refractivity (Wildman–Crippen MR) is 126 cm³/mol. The number of anilines is 1. The number of aromatic nitrogens is 2. The summed E-state index contributed by atoms with van der Waals surface area (Å²) < 4.78 is 7.30. The molecule has 0 spiro atoms. The lowest BCUT2D eigenvalue weighted by Gasteiger charge is -2.42. The molecule has 4 aliphatic rings. The van der Waals surface area contributed by atoms with Crippen LogP contribution in [0.15, 0.2) is 59.1 Å². The Morgan fingerprint density at radius 1 is 1.15 bits per heavy atom. The first-order valence-electron chi connectivity index (χ1n) is 11.6. The van der Waals surface area contributed by atoms with Crippen molar-refractivity contribution in [2.24, 2.45) is 5.73 Å². The largest absolute Gasteiger partial charge is 0.378 e. The fraction of sp³-hybridized carbons (Fsp3) is 0.440. The van der Waals surface area contributed by atoms with Crippen LogP contribution in [-0.2, 0) is 4.74 Å². The minimum absolute atomic E-state index is 0.0605. The molecule has 1 aliphatic carbocycles. The summed E-state index contributed by atoms with van der Waals surface area (Å²) in [7, 11) is 1.75. The number of nitrogens with two attached hydrogens (primary N) is 1. The number of rotatable bonds is 3. The summed E-state index contributed by atoms with van der Waals surface area (Å²) in [4.78, 5) is 7.37. The highest BCUT2D eigenvalue weighted by atomic mass is 16.5. The summed E-state index contributed by atoms with van der Waals surface area (Å²) in [5, 5.41) is 13.8. The lowest BCUT2D eigenvalue weighted by Crippen LogP contribution is -2.49. The Morgan fingerprint density at radius 2 is 2.03 bits per heavy atom. The van der Waals surface area contributed by atoms with Crippen molar-refractivity contribution in [3.8, 4) is 6.07 Å². The Kier molecular flexibility index (Phi) is 4.71. The molecule has 2 saturated heterocycles. The molecule has 2 N–H and O–H groups in total. The minimum Gasteiger partial charge on any atom is -0.378 e. The van der Waals surface area contributed by atoms with Gasteiger partial charge < -0.3 is 25.2 Å². The first-order valence-corrected chi connectivity index (χ1v) is 11.6. The second kappa shape index (κ2) is 7.65. The van der Waals surface area contributed by atoms with E-state index in [0.717, 1.165) is 50.3 Å². The van der Waals surface area contributed by atoms with E-state index in [0.29, 0.717) is 11.7 Å². The van der Waals surface area contributed by atoms with E-state index < -0.39 is 0 Å². The Balaban J connectivity index is 1.29. The molecule has 0 radical (unpaired) electrons. The van der Waals surface area contributed by atoms with E-state index in [1.807, 2.05) is 12.1 Å². The topological polar surface area (TPSA) is 86.1 Å². The van der Waals surface area contributed by atoms with Crippen LogP contribution in [0.2, 0.25) is 0 Å². The number of nitriles is 1. The van der Waals surface area contributed by atoms with Crippen LogP contribution >= 0.6 is 0 Å². The molecule has 0 amide bonds. The van der Waals surface area contributed by atoms with Gasteiger partial charge in [0, 0.05) is 50.7 Å². The molecule has 2 aromatic heterocycles. The fourth-order valence-electron chi connectivity index (χ4n) is 5.85. The number of ether oxygens (including phenoxy) is 1. The quantitative estimate of drug-likeness (QED) is 0.775. The maximum absolute atomic E-state index is 9.43. The van der Waals surface area contributed by atoms with Crippen molar-refractivity contribution in [3.05, 3.63) is 64.8 Å². The molecule has 8 heteroatoms. The zero-order valence-electron chi connectivity index (χ0n) is 19.1. The fourth-order valence-corrected chi connectivity index (χ4v) is 5.85. The highest BCUT2D eigenvalue weighted by molar-refractivity contribution is 5.74. The zero-order chi connectivity index (χ0) is 22.7. The number of methoxy groups -OCH3 is 1. The summed E-state index contributed by atoms with van der Waals surface area (Å²) in [6.45, 7) is 6.78. The highest BCUT2D eigenvalue weighted by Gasteiger charge is 2.38. The number of nitrogens with zero attached hydrogens (tertiary/aromatic N) is 6. The van der Waals surface area contributed by atoms with Crippen molar-refractivity contribution in [1.29, 1.82) is 5.26 Å². The van der Waals surface area contributed by atoms with Gasteiger partial charge in [0.25, 0.3) is 0 Å². The van der Waals surface area contributed by atoms with Crippen LogP contribution in [0.25, 0.3) is 5.52 Å². The van der Waals surface area contributed by atoms with Crippen LogP contribution in [-0.4, -0.2) is 77.4 Å². The second-order valence-electron chi connectivity index (χ2n) is 9.47. The van der Waals surface area contributed by atoms with Gasteiger partial charge in [-0.1, -0.05) is 6.08 Å². The Morgan fingerprint density at radius 3 is 2.82 bits per heavy atom. The standard InChI is InChI=1S/C25H29N7O/c1-16-11-30(22-6-4-19(10-26)32-23(22)7-8-28-32)14-24-20-5-3-18(9-17(20)12-31(16)24)29-13-21(27)25(15-29)33-2/h3-4,6-9,16,21,25H,5,11-15,27H2,1-2H3/t16-,21-,25-/m1/s1. The van der Waals surface area contributed by atoms with Crippen LogP contribution in [0.5, 0.6) is 0 Å². The molecule has 3 atom stereocenters. The van der Waals surface area contributed by atoms with Crippen molar-refractivity contribution in [3.63, 3.8) is 0 Å². The van der Waals surface area contributed by atoms with Gasteiger partial charge in [0.05, 0.1) is 36.1 Å². The summed E-state index contributed by atoms with van der Waals surface area (Å²) in [5.74, 6) is 0. The Bertz CT molecular complexity index is 1250. The molecule has 33 heavy (non-hydrogen) atoms. The van der Waals surface area contributed by atoms with E-state index in [2.05, 4.69) is 51.0 Å². The lowest BCUT2D eigenvalue weighted by molar-refractivity contribution is 0.101. The predicted octanol–water partition coefficient (Wildman–Crippen LogP) is 1.86. The average Bonchev–Trinajstić information content (AvgIpc) is 3.54. The normalized spacial score (nSPS) is 27.0. The summed E-state index contributed by atoms with van der Waals surface area (Å²) in [5.41, 5.74) is 14.5. The number of hydrogen-bond donors (Lipinski definition) is 1. The van der Waals surface area contributed by atoms with Crippen molar-refractivity contribution >= 4 is 11.2 Å². The molecule has 0 saturated carbocycles. The van der Waals surface area contributed by atoms with Crippen LogP contribution < -0.4 is 10.6 Å². The van der Waals surface area contributed by atoms with Gasteiger partial charge in [0.1, 0.15) is 11.8 Å². The summed E-state index contributed by atoms with van der Waals surface area (Å²) in [6, 6.07) is 8.62. The van der Waals surface area contributed by atoms with E-state index >= 15 is 0 Å². The van der Waals surface area contributed by atoms with E-state index in [1.54, 1.807) is 17.8 Å².